The molecule has 144 valence electrons. The van der Waals surface area contributed by atoms with Gasteiger partial charge < -0.3 is 24.8 Å². The SMILES string of the molecule is CCNC(=NCc1cccc(OC)c1OC)NCC1Cc2ccccc2O1. The van der Waals surface area contributed by atoms with Crippen molar-refractivity contribution >= 4 is 5.96 Å². The van der Waals surface area contributed by atoms with Crippen LogP contribution >= 0.6 is 0 Å². The molecule has 1 unspecified atom stereocenters. The second-order valence-electron chi connectivity index (χ2n) is 6.28. The molecule has 2 aromatic rings. The molecule has 6 nitrogen and oxygen atoms in total. The third-order valence-corrected chi connectivity index (χ3v) is 4.45. The standard InChI is InChI=1S/C21H27N3O3/c1-4-22-21(23-13-16-9-7-11-19(25-2)20(16)26-3)24-14-17-12-15-8-5-6-10-18(15)27-17/h5-11,17H,4,12-14H2,1-3H3,(H2,22,23,24). The molecule has 1 atom stereocenters. The summed E-state index contributed by atoms with van der Waals surface area (Å²) in [7, 11) is 3.28. The highest BCUT2D eigenvalue weighted by Crippen LogP contribution is 2.31. The van der Waals surface area contributed by atoms with E-state index in [1.807, 2.05) is 43.3 Å². The number of guanidine groups is 1. The van der Waals surface area contributed by atoms with Crippen LogP contribution in [0.1, 0.15) is 18.1 Å². The van der Waals surface area contributed by atoms with Gasteiger partial charge in [0.15, 0.2) is 17.5 Å². The number of benzene rings is 2. The van der Waals surface area contributed by atoms with Crippen molar-refractivity contribution in [2.24, 2.45) is 4.99 Å². The number of nitrogens with one attached hydrogen (secondary N) is 2. The van der Waals surface area contributed by atoms with Crippen LogP contribution in [0.2, 0.25) is 0 Å². The second-order valence-corrected chi connectivity index (χ2v) is 6.28. The van der Waals surface area contributed by atoms with E-state index in [-0.39, 0.29) is 6.10 Å². The summed E-state index contributed by atoms with van der Waals surface area (Å²) in [6.45, 7) is 4.01. The van der Waals surface area contributed by atoms with E-state index in [1.165, 1.54) is 5.56 Å². The molecule has 0 fully saturated rings. The predicted molar refractivity (Wildman–Crippen MR) is 107 cm³/mol. The number of methoxy groups -OCH3 is 2. The van der Waals surface area contributed by atoms with Crippen molar-refractivity contribution in [3.63, 3.8) is 0 Å². The quantitative estimate of drug-likeness (QED) is 0.580. The minimum absolute atomic E-state index is 0.109. The lowest BCUT2D eigenvalue weighted by Gasteiger charge is -2.16. The molecule has 6 heteroatoms. The first-order valence-electron chi connectivity index (χ1n) is 9.21. The minimum atomic E-state index is 0.109. The van der Waals surface area contributed by atoms with Gasteiger partial charge in [-0.1, -0.05) is 30.3 Å². The van der Waals surface area contributed by atoms with E-state index in [4.69, 9.17) is 14.2 Å². The number of fused-ring (bicyclic) bond motifs is 1. The van der Waals surface area contributed by atoms with Crippen LogP contribution in [0.3, 0.4) is 0 Å². The summed E-state index contributed by atoms with van der Waals surface area (Å²) in [6.07, 6.45) is 1.02. The van der Waals surface area contributed by atoms with Crippen molar-refractivity contribution < 1.29 is 14.2 Å². The molecule has 0 saturated carbocycles. The first-order chi connectivity index (χ1) is 13.2. The van der Waals surface area contributed by atoms with Crippen LogP contribution in [-0.4, -0.2) is 39.4 Å². The van der Waals surface area contributed by atoms with E-state index in [2.05, 4.69) is 21.7 Å². The van der Waals surface area contributed by atoms with Crippen LogP contribution in [0.25, 0.3) is 0 Å². The first kappa shape index (κ1) is 18.9. The molecule has 0 aliphatic carbocycles. The lowest BCUT2D eigenvalue weighted by atomic mass is 10.1. The zero-order valence-corrected chi connectivity index (χ0v) is 16.1. The molecule has 1 heterocycles. The molecule has 0 saturated heterocycles. The molecule has 1 aliphatic rings. The number of para-hydroxylation sites is 2. The highest BCUT2D eigenvalue weighted by Gasteiger charge is 2.22. The molecule has 0 spiro atoms. The van der Waals surface area contributed by atoms with Gasteiger partial charge in [0, 0.05) is 18.5 Å². The molecule has 0 bridgehead atoms. The number of hydrogen-bond donors (Lipinski definition) is 2. The van der Waals surface area contributed by atoms with Crippen molar-refractivity contribution in [3.8, 4) is 17.2 Å². The summed E-state index contributed by atoms with van der Waals surface area (Å²) in [5, 5.41) is 6.65. The van der Waals surface area contributed by atoms with E-state index in [0.717, 1.165) is 30.2 Å². The molecule has 0 aromatic heterocycles. The Hall–Kier alpha value is -2.89. The Balaban J connectivity index is 1.62. The molecule has 2 aromatic carbocycles. The highest BCUT2D eigenvalue weighted by atomic mass is 16.5. The Labute approximate surface area is 160 Å². The first-order valence-corrected chi connectivity index (χ1v) is 9.21. The van der Waals surface area contributed by atoms with E-state index in [9.17, 15) is 0 Å². The third-order valence-electron chi connectivity index (χ3n) is 4.45. The number of rotatable bonds is 7. The van der Waals surface area contributed by atoms with Gasteiger partial charge in [-0.2, -0.15) is 0 Å². The van der Waals surface area contributed by atoms with Gasteiger partial charge in [-0.25, -0.2) is 4.99 Å². The topological polar surface area (TPSA) is 64.1 Å². The van der Waals surface area contributed by atoms with Crippen molar-refractivity contribution in [3.05, 3.63) is 53.6 Å². The van der Waals surface area contributed by atoms with Crippen LogP contribution in [0, 0.1) is 0 Å². The Kier molecular flexibility index (Phi) is 6.41. The van der Waals surface area contributed by atoms with Crippen LogP contribution in [-0.2, 0) is 13.0 Å². The van der Waals surface area contributed by atoms with Gasteiger partial charge in [-0.05, 0) is 24.6 Å². The van der Waals surface area contributed by atoms with Crippen LogP contribution in [0.4, 0.5) is 0 Å². The number of aliphatic imine (C=N–C) groups is 1. The zero-order valence-electron chi connectivity index (χ0n) is 16.1. The van der Waals surface area contributed by atoms with Gasteiger partial charge in [0.2, 0.25) is 0 Å². The maximum atomic E-state index is 5.98. The molecule has 0 amide bonds. The smallest absolute Gasteiger partial charge is 0.191 e. The summed E-state index contributed by atoms with van der Waals surface area (Å²) >= 11 is 0. The van der Waals surface area contributed by atoms with Gasteiger partial charge in [0.05, 0.1) is 27.3 Å². The average molecular weight is 369 g/mol. The van der Waals surface area contributed by atoms with E-state index in [1.54, 1.807) is 14.2 Å². The Bertz CT molecular complexity index is 767. The molecular weight excluding hydrogens is 342 g/mol. The fraction of sp³-hybridized carbons (Fsp3) is 0.381. The molecule has 0 radical (unpaired) electrons. The second kappa shape index (κ2) is 9.16. The lowest BCUT2D eigenvalue weighted by Crippen LogP contribution is -2.42. The van der Waals surface area contributed by atoms with E-state index >= 15 is 0 Å². The fourth-order valence-corrected chi connectivity index (χ4v) is 3.16. The molecule has 27 heavy (non-hydrogen) atoms. The number of hydrogen-bond acceptors (Lipinski definition) is 4. The molecule has 2 N–H and O–H groups in total. The molecule has 3 rings (SSSR count). The normalized spacial score (nSPS) is 15.7. The predicted octanol–water partition coefficient (Wildman–Crippen LogP) is 2.76. The van der Waals surface area contributed by atoms with Gasteiger partial charge in [-0.3, -0.25) is 0 Å². The number of ether oxygens (including phenoxy) is 3. The van der Waals surface area contributed by atoms with Gasteiger partial charge in [-0.15, -0.1) is 0 Å². The van der Waals surface area contributed by atoms with Gasteiger partial charge in [0.25, 0.3) is 0 Å². The largest absolute Gasteiger partial charge is 0.493 e. The zero-order chi connectivity index (χ0) is 19.1. The summed E-state index contributed by atoms with van der Waals surface area (Å²) in [5.74, 6) is 3.16. The van der Waals surface area contributed by atoms with E-state index < -0.39 is 0 Å². The summed E-state index contributed by atoms with van der Waals surface area (Å²) in [4.78, 5) is 4.68. The maximum Gasteiger partial charge on any atom is 0.191 e. The van der Waals surface area contributed by atoms with Crippen molar-refractivity contribution in [2.45, 2.75) is 26.0 Å². The van der Waals surface area contributed by atoms with Crippen molar-refractivity contribution in [2.75, 3.05) is 27.3 Å². The summed E-state index contributed by atoms with van der Waals surface area (Å²) in [5.41, 5.74) is 2.23. The Morgan fingerprint density at radius 2 is 1.96 bits per heavy atom. The Morgan fingerprint density at radius 1 is 1.11 bits per heavy atom. The maximum absolute atomic E-state index is 5.98. The van der Waals surface area contributed by atoms with Gasteiger partial charge >= 0.3 is 0 Å². The van der Waals surface area contributed by atoms with Crippen molar-refractivity contribution in [1.82, 2.24) is 10.6 Å². The fourth-order valence-electron chi connectivity index (χ4n) is 3.16. The highest BCUT2D eigenvalue weighted by molar-refractivity contribution is 5.79. The summed E-state index contributed by atoms with van der Waals surface area (Å²) < 4.78 is 16.8. The van der Waals surface area contributed by atoms with Crippen LogP contribution in [0.5, 0.6) is 17.2 Å². The minimum Gasteiger partial charge on any atom is -0.493 e. The lowest BCUT2D eigenvalue weighted by molar-refractivity contribution is 0.235. The van der Waals surface area contributed by atoms with Gasteiger partial charge in [0.1, 0.15) is 11.9 Å². The number of nitrogens with zero attached hydrogens (tertiary/aromatic N) is 1. The van der Waals surface area contributed by atoms with Crippen LogP contribution < -0.4 is 24.8 Å². The van der Waals surface area contributed by atoms with Crippen LogP contribution in [0.15, 0.2) is 47.5 Å². The van der Waals surface area contributed by atoms with Crippen molar-refractivity contribution in [1.29, 1.82) is 0 Å². The molecular formula is C21H27N3O3. The summed E-state index contributed by atoms with van der Waals surface area (Å²) in [6, 6.07) is 14.0. The monoisotopic (exact) mass is 369 g/mol. The third kappa shape index (κ3) is 4.64. The Morgan fingerprint density at radius 3 is 2.70 bits per heavy atom. The molecule has 1 aliphatic heterocycles. The average Bonchev–Trinajstić information content (AvgIpc) is 3.12. The van der Waals surface area contributed by atoms with E-state index in [0.29, 0.717) is 24.6 Å².